The van der Waals surface area contributed by atoms with Crippen LogP contribution in [-0.4, -0.2) is 18.4 Å². The molecule has 2 aromatic carbocycles. The molecule has 0 saturated heterocycles. The summed E-state index contributed by atoms with van der Waals surface area (Å²) in [5, 5.41) is 2.86. The van der Waals surface area contributed by atoms with Crippen LogP contribution in [0.15, 0.2) is 48.5 Å². The van der Waals surface area contributed by atoms with Crippen LogP contribution in [0, 0.1) is 0 Å². The lowest BCUT2D eigenvalue weighted by molar-refractivity contribution is -0.119. The van der Waals surface area contributed by atoms with E-state index in [-0.39, 0.29) is 12.5 Å². The number of rotatable bonds is 6. The van der Waals surface area contributed by atoms with E-state index >= 15 is 0 Å². The average Bonchev–Trinajstić information content (AvgIpc) is 2.68. The van der Waals surface area contributed by atoms with E-state index in [1.165, 1.54) is 37.7 Å². The quantitative estimate of drug-likeness (QED) is 0.828. The Labute approximate surface area is 153 Å². The molecule has 1 fully saturated rings. The van der Waals surface area contributed by atoms with Gasteiger partial charge in [-0.2, -0.15) is 0 Å². The number of nitrogens with one attached hydrogen (secondary N) is 1. The first-order valence-corrected chi connectivity index (χ1v) is 9.04. The molecule has 2 aromatic rings. The number of carbonyl (C=O) groups excluding carboxylic acids is 2. The van der Waals surface area contributed by atoms with Crippen LogP contribution >= 0.6 is 0 Å². The van der Waals surface area contributed by atoms with Crippen LogP contribution < -0.4 is 15.8 Å². The highest BCUT2D eigenvalue weighted by atomic mass is 16.5. The highest BCUT2D eigenvalue weighted by Crippen LogP contribution is 2.32. The Bertz CT molecular complexity index is 748. The van der Waals surface area contributed by atoms with Crippen LogP contribution in [0.1, 0.15) is 53.9 Å². The normalized spacial score (nSPS) is 14.6. The van der Waals surface area contributed by atoms with E-state index in [2.05, 4.69) is 17.4 Å². The maximum absolute atomic E-state index is 12.4. The number of hydrogen-bond donors (Lipinski definition) is 2. The van der Waals surface area contributed by atoms with Crippen molar-refractivity contribution in [3.8, 4) is 5.75 Å². The summed E-state index contributed by atoms with van der Waals surface area (Å²) in [5.74, 6) is 0.484. The van der Waals surface area contributed by atoms with Gasteiger partial charge in [-0.15, -0.1) is 0 Å². The molecule has 5 heteroatoms. The third-order valence-corrected chi connectivity index (χ3v) is 4.74. The molecule has 1 saturated carbocycles. The highest BCUT2D eigenvalue weighted by Gasteiger charge is 2.16. The third kappa shape index (κ3) is 4.85. The van der Waals surface area contributed by atoms with Crippen molar-refractivity contribution in [3.63, 3.8) is 0 Å². The van der Waals surface area contributed by atoms with E-state index < -0.39 is 5.91 Å². The Morgan fingerprint density at radius 3 is 2.23 bits per heavy atom. The summed E-state index contributed by atoms with van der Waals surface area (Å²) in [6.45, 7) is -0.168. The van der Waals surface area contributed by atoms with Crippen LogP contribution in [-0.2, 0) is 4.79 Å². The number of nitrogens with two attached hydrogens (primary N) is 1. The van der Waals surface area contributed by atoms with Crippen molar-refractivity contribution in [2.24, 2.45) is 5.73 Å². The molecule has 1 aliphatic carbocycles. The first-order valence-electron chi connectivity index (χ1n) is 9.04. The monoisotopic (exact) mass is 352 g/mol. The Kier molecular flexibility index (Phi) is 5.89. The van der Waals surface area contributed by atoms with Gasteiger partial charge in [0, 0.05) is 11.3 Å². The van der Waals surface area contributed by atoms with Gasteiger partial charge in [-0.3, -0.25) is 9.59 Å². The van der Waals surface area contributed by atoms with E-state index in [1.54, 1.807) is 24.3 Å². The second-order valence-electron chi connectivity index (χ2n) is 6.69. The molecule has 5 nitrogen and oxygen atoms in total. The molecule has 0 aliphatic heterocycles. The number of anilines is 1. The Morgan fingerprint density at radius 2 is 1.62 bits per heavy atom. The van der Waals surface area contributed by atoms with E-state index in [9.17, 15) is 9.59 Å². The predicted octanol–water partition coefficient (Wildman–Crippen LogP) is 3.85. The molecule has 0 heterocycles. The maximum Gasteiger partial charge on any atom is 0.255 e. The van der Waals surface area contributed by atoms with E-state index in [4.69, 9.17) is 10.5 Å². The molecular formula is C21H24N2O3. The molecular weight excluding hydrogens is 328 g/mol. The summed E-state index contributed by atoms with van der Waals surface area (Å²) in [7, 11) is 0. The number of hydrogen-bond acceptors (Lipinski definition) is 3. The minimum absolute atomic E-state index is 0.147. The molecule has 26 heavy (non-hydrogen) atoms. The Balaban J connectivity index is 1.58. The van der Waals surface area contributed by atoms with Crippen LogP contribution in [0.4, 0.5) is 5.69 Å². The number of carbonyl (C=O) groups is 2. The second-order valence-corrected chi connectivity index (χ2v) is 6.69. The van der Waals surface area contributed by atoms with Gasteiger partial charge in [-0.25, -0.2) is 0 Å². The SMILES string of the molecule is NC(=O)COc1ccc(NC(=O)c2ccc(C3CCCCC3)cc2)cc1. The summed E-state index contributed by atoms with van der Waals surface area (Å²) in [4.78, 5) is 23.1. The van der Waals surface area contributed by atoms with Crippen molar-refractivity contribution in [3.05, 3.63) is 59.7 Å². The van der Waals surface area contributed by atoms with Crippen LogP contribution in [0.5, 0.6) is 5.75 Å². The van der Waals surface area contributed by atoms with E-state index in [0.717, 1.165) is 0 Å². The van der Waals surface area contributed by atoms with Gasteiger partial charge in [0.2, 0.25) is 0 Å². The first-order chi connectivity index (χ1) is 12.6. The minimum atomic E-state index is -0.529. The summed E-state index contributed by atoms with van der Waals surface area (Å²) < 4.78 is 5.20. The van der Waals surface area contributed by atoms with Gasteiger partial charge >= 0.3 is 0 Å². The van der Waals surface area contributed by atoms with Gasteiger partial charge in [0.25, 0.3) is 11.8 Å². The van der Waals surface area contributed by atoms with Gasteiger partial charge < -0.3 is 15.8 Å². The third-order valence-electron chi connectivity index (χ3n) is 4.74. The molecule has 2 amide bonds. The second kappa shape index (κ2) is 8.52. The number of amides is 2. The largest absolute Gasteiger partial charge is 0.484 e. The van der Waals surface area contributed by atoms with Gasteiger partial charge in [-0.05, 0) is 60.7 Å². The molecule has 0 unspecified atom stereocenters. The fourth-order valence-electron chi connectivity index (χ4n) is 3.33. The fraction of sp³-hybridized carbons (Fsp3) is 0.333. The lowest BCUT2D eigenvalue weighted by Crippen LogP contribution is -2.20. The van der Waals surface area contributed by atoms with Crippen LogP contribution in [0.2, 0.25) is 0 Å². The number of benzene rings is 2. The Morgan fingerprint density at radius 1 is 0.962 bits per heavy atom. The van der Waals surface area contributed by atoms with Crippen molar-refractivity contribution in [1.82, 2.24) is 0 Å². The molecule has 1 aliphatic rings. The lowest BCUT2D eigenvalue weighted by Gasteiger charge is -2.22. The zero-order valence-corrected chi connectivity index (χ0v) is 14.7. The van der Waals surface area contributed by atoms with Crippen molar-refractivity contribution in [2.45, 2.75) is 38.0 Å². The van der Waals surface area contributed by atoms with Crippen molar-refractivity contribution < 1.29 is 14.3 Å². The molecule has 136 valence electrons. The number of primary amides is 1. The molecule has 3 rings (SSSR count). The molecule has 0 spiro atoms. The van der Waals surface area contributed by atoms with Crippen LogP contribution in [0.3, 0.4) is 0 Å². The summed E-state index contributed by atoms with van der Waals surface area (Å²) in [5.41, 5.74) is 7.67. The molecule has 0 aromatic heterocycles. The lowest BCUT2D eigenvalue weighted by atomic mass is 9.84. The molecule has 0 bridgehead atoms. The van der Waals surface area contributed by atoms with Gasteiger partial charge in [0.1, 0.15) is 5.75 Å². The summed E-state index contributed by atoms with van der Waals surface area (Å²) in [6, 6.07) is 14.8. The van der Waals surface area contributed by atoms with Gasteiger partial charge in [-0.1, -0.05) is 31.4 Å². The molecule has 0 radical (unpaired) electrons. The maximum atomic E-state index is 12.4. The van der Waals surface area contributed by atoms with Gasteiger partial charge in [0.15, 0.2) is 6.61 Å². The topological polar surface area (TPSA) is 81.4 Å². The fourth-order valence-corrected chi connectivity index (χ4v) is 3.33. The zero-order valence-electron chi connectivity index (χ0n) is 14.7. The standard InChI is InChI=1S/C21H24N2O3/c22-20(24)14-26-19-12-10-18(11-13-19)23-21(25)17-8-6-16(7-9-17)15-4-2-1-3-5-15/h6-13,15H,1-5,14H2,(H2,22,24)(H,23,25). The van der Waals surface area contributed by atoms with E-state index in [0.29, 0.717) is 22.9 Å². The van der Waals surface area contributed by atoms with Crippen molar-refractivity contribution in [1.29, 1.82) is 0 Å². The summed E-state index contributed by atoms with van der Waals surface area (Å²) in [6.07, 6.45) is 6.42. The average molecular weight is 352 g/mol. The zero-order chi connectivity index (χ0) is 18.4. The Hall–Kier alpha value is -2.82. The number of ether oxygens (including phenoxy) is 1. The predicted molar refractivity (Wildman–Crippen MR) is 101 cm³/mol. The van der Waals surface area contributed by atoms with Crippen molar-refractivity contribution >= 4 is 17.5 Å². The highest BCUT2D eigenvalue weighted by molar-refractivity contribution is 6.04. The summed E-state index contributed by atoms with van der Waals surface area (Å²) >= 11 is 0. The molecule has 3 N–H and O–H groups in total. The van der Waals surface area contributed by atoms with Gasteiger partial charge in [0.05, 0.1) is 0 Å². The van der Waals surface area contributed by atoms with Crippen molar-refractivity contribution in [2.75, 3.05) is 11.9 Å². The first kappa shape index (κ1) is 18.0. The minimum Gasteiger partial charge on any atom is -0.484 e. The van der Waals surface area contributed by atoms with Crippen LogP contribution in [0.25, 0.3) is 0 Å². The smallest absolute Gasteiger partial charge is 0.255 e. The molecule has 0 atom stereocenters. The van der Waals surface area contributed by atoms with E-state index in [1.807, 2.05) is 12.1 Å².